The molecule has 0 aliphatic carbocycles. The predicted octanol–water partition coefficient (Wildman–Crippen LogP) is 3.24. The fourth-order valence-electron chi connectivity index (χ4n) is 3.36. The van der Waals surface area contributed by atoms with Gasteiger partial charge in [0, 0.05) is 10.0 Å². The number of rotatable bonds is 5. The van der Waals surface area contributed by atoms with Crippen molar-refractivity contribution in [3.05, 3.63) is 64.1 Å². The lowest BCUT2D eigenvalue weighted by atomic mass is 9.99. The Morgan fingerprint density at radius 1 is 1.07 bits per heavy atom. The Morgan fingerprint density at radius 3 is 2.38 bits per heavy atom. The zero-order valence-corrected chi connectivity index (χ0v) is 18.6. The van der Waals surface area contributed by atoms with Crippen LogP contribution in [0.25, 0.3) is 0 Å². The summed E-state index contributed by atoms with van der Waals surface area (Å²) in [4.78, 5) is 25.8. The minimum Gasteiger partial charge on any atom is -0.347 e. The third kappa shape index (κ3) is 4.87. The third-order valence-corrected chi connectivity index (χ3v) is 7.31. The molecule has 0 radical (unpaired) electrons. The summed E-state index contributed by atoms with van der Waals surface area (Å²) in [6, 6.07) is 12.5. The fraction of sp³-hybridized carbons (Fsp3) is 0.333. The van der Waals surface area contributed by atoms with Crippen LogP contribution in [-0.4, -0.2) is 32.0 Å². The number of hydrogen-bond donors (Lipinski definition) is 2. The van der Waals surface area contributed by atoms with Crippen molar-refractivity contribution in [3.8, 4) is 0 Å². The Kier molecular flexibility index (Phi) is 6.43. The topological polar surface area (TPSA) is 92.3 Å². The molecule has 29 heavy (non-hydrogen) atoms. The maximum atomic E-state index is 13.0. The second kappa shape index (κ2) is 8.67. The molecule has 0 spiro atoms. The first-order valence-corrected chi connectivity index (χ1v) is 11.8. The number of halogens is 1. The standard InChI is InChI=1S/C21H23BrN2O4S/c1-13(2)19(24-20(25)14-7-9-15(22)10-8-14)21(26)23-17-11-12-29(27,28)18-6-4-3-5-16(17)18/h3-10,13,17,19H,11-12H2,1-2H3,(H,23,26)(H,24,25)/t17?,19-/m0/s1. The quantitative estimate of drug-likeness (QED) is 0.689. The fourth-order valence-corrected chi connectivity index (χ4v) is 5.25. The summed E-state index contributed by atoms with van der Waals surface area (Å²) >= 11 is 3.33. The van der Waals surface area contributed by atoms with Crippen molar-refractivity contribution in [1.82, 2.24) is 10.6 Å². The van der Waals surface area contributed by atoms with E-state index in [1.54, 1.807) is 48.5 Å². The number of carbonyl (C=O) groups excluding carboxylic acids is 2. The largest absolute Gasteiger partial charge is 0.347 e. The van der Waals surface area contributed by atoms with E-state index in [9.17, 15) is 18.0 Å². The number of sulfone groups is 1. The van der Waals surface area contributed by atoms with Gasteiger partial charge in [-0.1, -0.05) is 48.0 Å². The van der Waals surface area contributed by atoms with Gasteiger partial charge in [-0.3, -0.25) is 9.59 Å². The van der Waals surface area contributed by atoms with Crippen molar-refractivity contribution in [1.29, 1.82) is 0 Å². The molecule has 154 valence electrons. The van der Waals surface area contributed by atoms with Crippen molar-refractivity contribution >= 4 is 37.6 Å². The lowest BCUT2D eigenvalue weighted by Crippen LogP contribution is -2.51. The van der Waals surface area contributed by atoms with Crippen molar-refractivity contribution in [2.24, 2.45) is 5.92 Å². The van der Waals surface area contributed by atoms with E-state index in [0.717, 1.165) is 4.47 Å². The van der Waals surface area contributed by atoms with Crippen LogP contribution in [0, 0.1) is 5.92 Å². The van der Waals surface area contributed by atoms with Crippen LogP contribution in [0.5, 0.6) is 0 Å². The van der Waals surface area contributed by atoms with Gasteiger partial charge in [-0.25, -0.2) is 8.42 Å². The van der Waals surface area contributed by atoms with Crippen LogP contribution in [0.2, 0.25) is 0 Å². The second-order valence-corrected chi connectivity index (χ2v) is 10.4. The van der Waals surface area contributed by atoms with Crippen LogP contribution in [0.4, 0.5) is 0 Å². The van der Waals surface area contributed by atoms with Crippen molar-refractivity contribution in [2.75, 3.05) is 5.75 Å². The summed E-state index contributed by atoms with van der Waals surface area (Å²) in [5, 5.41) is 5.73. The van der Waals surface area contributed by atoms with Crippen molar-refractivity contribution in [3.63, 3.8) is 0 Å². The van der Waals surface area contributed by atoms with E-state index in [0.29, 0.717) is 17.5 Å². The average Bonchev–Trinajstić information content (AvgIpc) is 2.68. The molecular weight excluding hydrogens is 456 g/mol. The van der Waals surface area contributed by atoms with Crippen LogP contribution in [0.1, 0.15) is 42.2 Å². The van der Waals surface area contributed by atoms with Gasteiger partial charge in [-0.05, 0) is 48.2 Å². The summed E-state index contributed by atoms with van der Waals surface area (Å²) < 4.78 is 25.5. The Hall–Kier alpha value is -2.19. The molecule has 0 fully saturated rings. The van der Waals surface area contributed by atoms with Crippen LogP contribution < -0.4 is 10.6 Å². The average molecular weight is 479 g/mol. The molecule has 3 rings (SSSR count). The highest BCUT2D eigenvalue weighted by Gasteiger charge is 2.33. The van der Waals surface area contributed by atoms with Crippen LogP contribution in [0.15, 0.2) is 57.9 Å². The summed E-state index contributed by atoms with van der Waals surface area (Å²) in [5.41, 5.74) is 1.05. The summed E-state index contributed by atoms with van der Waals surface area (Å²) in [6.45, 7) is 3.71. The molecule has 2 N–H and O–H groups in total. The number of nitrogens with one attached hydrogen (secondary N) is 2. The van der Waals surface area contributed by atoms with Crippen LogP contribution >= 0.6 is 15.9 Å². The molecule has 1 unspecified atom stereocenters. The molecule has 2 aromatic rings. The van der Waals surface area contributed by atoms with Gasteiger partial charge in [0.05, 0.1) is 16.7 Å². The highest BCUT2D eigenvalue weighted by molar-refractivity contribution is 9.10. The molecule has 2 aromatic carbocycles. The molecule has 0 saturated carbocycles. The SMILES string of the molecule is CC(C)[C@H](NC(=O)c1ccc(Br)cc1)C(=O)NC1CCS(=O)(=O)c2ccccc21. The zero-order chi connectivity index (χ0) is 21.2. The number of amides is 2. The maximum Gasteiger partial charge on any atom is 0.251 e. The summed E-state index contributed by atoms with van der Waals surface area (Å²) in [5.74, 6) is -0.827. The molecule has 8 heteroatoms. The Bertz CT molecular complexity index is 1020. The van der Waals surface area contributed by atoms with E-state index < -0.39 is 21.9 Å². The van der Waals surface area contributed by atoms with Gasteiger partial charge >= 0.3 is 0 Å². The first kappa shape index (κ1) is 21.5. The monoisotopic (exact) mass is 478 g/mol. The normalized spacial score (nSPS) is 18.6. The third-order valence-electron chi connectivity index (χ3n) is 4.96. The Labute approximate surface area is 179 Å². The molecule has 0 bridgehead atoms. The minimum atomic E-state index is -3.33. The lowest BCUT2D eigenvalue weighted by Gasteiger charge is -2.29. The van der Waals surface area contributed by atoms with Gasteiger partial charge < -0.3 is 10.6 Å². The van der Waals surface area contributed by atoms with E-state index in [2.05, 4.69) is 26.6 Å². The molecule has 0 aromatic heterocycles. The molecular formula is C21H23BrN2O4S. The van der Waals surface area contributed by atoms with E-state index >= 15 is 0 Å². The first-order valence-electron chi connectivity index (χ1n) is 9.37. The maximum absolute atomic E-state index is 13.0. The van der Waals surface area contributed by atoms with E-state index in [4.69, 9.17) is 0 Å². The molecule has 2 amide bonds. The van der Waals surface area contributed by atoms with Gasteiger partial charge in [-0.15, -0.1) is 0 Å². The summed E-state index contributed by atoms with van der Waals surface area (Å²) in [7, 11) is -3.33. The van der Waals surface area contributed by atoms with E-state index in [1.807, 2.05) is 13.8 Å². The van der Waals surface area contributed by atoms with Gasteiger partial charge in [-0.2, -0.15) is 0 Å². The number of fused-ring (bicyclic) bond motifs is 1. The molecule has 1 aliphatic rings. The molecule has 6 nitrogen and oxygen atoms in total. The molecule has 0 saturated heterocycles. The predicted molar refractivity (Wildman–Crippen MR) is 114 cm³/mol. The molecule has 1 aliphatic heterocycles. The Morgan fingerprint density at radius 2 is 1.72 bits per heavy atom. The van der Waals surface area contributed by atoms with Gasteiger partial charge in [0.25, 0.3) is 5.91 Å². The summed E-state index contributed by atoms with van der Waals surface area (Å²) in [6.07, 6.45) is 0.302. The van der Waals surface area contributed by atoms with Gasteiger partial charge in [0.15, 0.2) is 9.84 Å². The molecule has 1 heterocycles. The zero-order valence-electron chi connectivity index (χ0n) is 16.2. The number of benzene rings is 2. The van der Waals surface area contributed by atoms with Gasteiger partial charge in [0.2, 0.25) is 5.91 Å². The number of carbonyl (C=O) groups is 2. The highest BCUT2D eigenvalue weighted by Crippen LogP contribution is 2.32. The second-order valence-electron chi connectivity index (χ2n) is 7.41. The minimum absolute atomic E-state index is 0.0213. The van der Waals surface area contributed by atoms with Crippen molar-refractivity contribution < 1.29 is 18.0 Å². The first-order chi connectivity index (χ1) is 13.7. The molecule has 2 atom stereocenters. The lowest BCUT2D eigenvalue weighted by molar-refractivity contribution is -0.124. The van der Waals surface area contributed by atoms with E-state index in [-0.39, 0.29) is 28.4 Å². The highest BCUT2D eigenvalue weighted by atomic mass is 79.9. The Balaban J connectivity index is 1.77. The van der Waals surface area contributed by atoms with Crippen LogP contribution in [-0.2, 0) is 14.6 Å². The van der Waals surface area contributed by atoms with Gasteiger partial charge in [0.1, 0.15) is 6.04 Å². The number of hydrogen-bond acceptors (Lipinski definition) is 4. The van der Waals surface area contributed by atoms with E-state index in [1.165, 1.54) is 0 Å². The van der Waals surface area contributed by atoms with Crippen molar-refractivity contribution in [2.45, 2.75) is 37.2 Å². The van der Waals surface area contributed by atoms with Crippen LogP contribution in [0.3, 0.4) is 0 Å². The smallest absolute Gasteiger partial charge is 0.251 e.